The Hall–Kier alpha value is -1.81. The molecule has 0 spiro atoms. The number of aryl methyl sites for hydroxylation is 2. The minimum atomic E-state index is 0.220. The van der Waals surface area contributed by atoms with Gasteiger partial charge in [0.25, 0.3) is 0 Å². The van der Waals surface area contributed by atoms with E-state index in [4.69, 9.17) is 17.3 Å². The topological polar surface area (TPSA) is 55.0 Å². The van der Waals surface area contributed by atoms with E-state index in [9.17, 15) is 0 Å². The van der Waals surface area contributed by atoms with Crippen molar-refractivity contribution in [3.8, 4) is 0 Å². The van der Waals surface area contributed by atoms with Crippen LogP contribution in [0.2, 0.25) is 5.28 Å². The van der Waals surface area contributed by atoms with Crippen LogP contribution in [-0.2, 0) is 6.54 Å². The summed E-state index contributed by atoms with van der Waals surface area (Å²) < 4.78 is 0. The van der Waals surface area contributed by atoms with Gasteiger partial charge in [0.05, 0.1) is 11.4 Å². The molecule has 0 radical (unpaired) electrons. The van der Waals surface area contributed by atoms with Gasteiger partial charge in [-0.3, -0.25) is 0 Å². The number of hydrogen-bond donors (Lipinski definition) is 1. The van der Waals surface area contributed by atoms with Crippen molar-refractivity contribution in [2.24, 2.45) is 0 Å². The number of anilines is 2. The smallest absolute Gasteiger partial charge is 0.224 e. The lowest BCUT2D eigenvalue weighted by atomic mass is 10.1. The third-order valence-corrected chi connectivity index (χ3v) is 3.12. The van der Waals surface area contributed by atoms with Crippen molar-refractivity contribution >= 4 is 23.1 Å². The zero-order valence-corrected chi connectivity index (χ0v) is 12.1. The summed E-state index contributed by atoms with van der Waals surface area (Å²) in [5.74, 6) is 0.666. The molecule has 19 heavy (non-hydrogen) atoms. The van der Waals surface area contributed by atoms with Gasteiger partial charge in [0, 0.05) is 13.6 Å². The van der Waals surface area contributed by atoms with Crippen LogP contribution < -0.4 is 10.6 Å². The normalized spacial score (nSPS) is 10.5. The molecule has 0 amide bonds. The number of benzene rings is 1. The Morgan fingerprint density at radius 1 is 1.26 bits per heavy atom. The van der Waals surface area contributed by atoms with E-state index in [0.29, 0.717) is 17.2 Å². The number of nitrogens with zero attached hydrogens (tertiary/aromatic N) is 3. The predicted molar refractivity (Wildman–Crippen MR) is 79.5 cm³/mol. The lowest BCUT2D eigenvalue weighted by Crippen LogP contribution is -2.20. The largest absolute Gasteiger partial charge is 0.394 e. The summed E-state index contributed by atoms with van der Waals surface area (Å²) >= 11 is 5.89. The summed E-state index contributed by atoms with van der Waals surface area (Å²) in [4.78, 5) is 10.2. The number of rotatable bonds is 3. The van der Waals surface area contributed by atoms with Crippen LogP contribution >= 0.6 is 11.6 Å². The molecule has 0 saturated carbocycles. The van der Waals surface area contributed by atoms with Crippen LogP contribution in [-0.4, -0.2) is 17.0 Å². The van der Waals surface area contributed by atoms with Gasteiger partial charge in [-0.15, -0.1) is 0 Å². The van der Waals surface area contributed by atoms with E-state index < -0.39 is 0 Å². The van der Waals surface area contributed by atoms with Crippen LogP contribution in [0.4, 0.5) is 11.5 Å². The van der Waals surface area contributed by atoms with Crippen molar-refractivity contribution in [2.75, 3.05) is 17.7 Å². The Morgan fingerprint density at radius 3 is 2.68 bits per heavy atom. The van der Waals surface area contributed by atoms with Gasteiger partial charge < -0.3 is 10.6 Å². The molecular weight excluding hydrogens is 260 g/mol. The molecule has 0 aliphatic rings. The second kappa shape index (κ2) is 5.45. The monoisotopic (exact) mass is 276 g/mol. The van der Waals surface area contributed by atoms with E-state index in [0.717, 1.165) is 6.54 Å². The van der Waals surface area contributed by atoms with Crippen molar-refractivity contribution in [1.82, 2.24) is 9.97 Å². The van der Waals surface area contributed by atoms with Crippen molar-refractivity contribution in [2.45, 2.75) is 20.4 Å². The second-order valence-electron chi connectivity index (χ2n) is 4.66. The molecule has 1 aromatic heterocycles. The maximum Gasteiger partial charge on any atom is 0.224 e. The van der Waals surface area contributed by atoms with E-state index in [2.05, 4.69) is 35.1 Å². The number of nitrogens with two attached hydrogens (primary N) is 1. The maximum atomic E-state index is 6.01. The molecule has 100 valence electrons. The lowest BCUT2D eigenvalue weighted by molar-refractivity contribution is 0.888. The minimum absolute atomic E-state index is 0.220. The van der Waals surface area contributed by atoms with Crippen LogP contribution in [0.25, 0.3) is 0 Å². The van der Waals surface area contributed by atoms with Gasteiger partial charge >= 0.3 is 0 Å². The van der Waals surface area contributed by atoms with E-state index >= 15 is 0 Å². The van der Waals surface area contributed by atoms with Gasteiger partial charge in [-0.25, -0.2) is 4.98 Å². The highest BCUT2D eigenvalue weighted by atomic mass is 35.5. The highest BCUT2D eigenvalue weighted by Crippen LogP contribution is 2.24. The number of halogens is 1. The van der Waals surface area contributed by atoms with Gasteiger partial charge in [0.2, 0.25) is 5.28 Å². The molecule has 2 rings (SSSR count). The second-order valence-corrected chi connectivity index (χ2v) is 5.00. The molecule has 0 aliphatic carbocycles. The molecule has 0 unspecified atom stereocenters. The summed E-state index contributed by atoms with van der Waals surface area (Å²) in [6.07, 6.45) is 0. The van der Waals surface area contributed by atoms with Crippen LogP contribution in [0.3, 0.4) is 0 Å². The first-order chi connectivity index (χ1) is 8.97. The number of aromatic nitrogens is 2. The molecule has 1 aromatic carbocycles. The third-order valence-electron chi connectivity index (χ3n) is 2.95. The fraction of sp³-hybridized carbons (Fsp3) is 0.286. The van der Waals surface area contributed by atoms with E-state index in [1.807, 2.05) is 24.9 Å². The van der Waals surface area contributed by atoms with Crippen LogP contribution in [0.1, 0.15) is 16.8 Å². The van der Waals surface area contributed by atoms with Gasteiger partial charge in [0.1, 0.15) is 0 Å². The number of nitrogen functional groups attached to an aromatic ring is 1. The fourth-order valence-electron chi connectivity index (χ4n) is 1.98. The SMILES string of the molecule is Cc1cccc(CN(C)c2nc(Cl)nc(C)c2N)c1. The maximum absolute atomic E-state index is 6.01. The Kier molecular flexibility index (Phi) is 3.90. The summed E-state index contributed by atoms with van der Waals surface area (Å²) in [7, 11) is 1.94. The van der Waals surface area contributed by atoms with E-state index in [1.54, 1.807) is 0 Å². The average molecular weight is 277 g/mol. The molecule has 2 aromatic rings. The van der Waals surface area contributed by atoms with Crippen molar-refractivity contribution in [3.63, 3.8) is 0 Å². The molecule has 0 fully saturated rings. The molecule has 0 aliphatic heterocycles. The van der Waals surface area contributed by atoms with Gasteiger partial charge in [-0.1, -0.05) is 29.8 Å². The zero-order chi connectivity index (χ0) is 14.0. The standard InChI is InChI=1S/C14H17ClN4/c1-9-5-4-6-11(7-9)8-19(3)13-12(16)10(2)17-14(15)18-13/h4-7H,8,16H2,1-3H3. The van der Waals surface area contributed by atoms with Crippen molar-refractivity contribution < 1.29 is 0 Å². The minimum Gasteiger partial charge on any atom is -0.394 e. The molecule has 5 heteroatoms. The Balaban J connectivity index is 2.27. The van der Waals surface area contributed by atoms with Gasteiger partial charge in [-0.05, 0) is 31.0 Å². The van der Waals surface area contributed by atoms with Crippen molar-refractivity contribution in [1.29, 1.82) is 0 Å². The van der Waals surface area contributed by atoms with E-state index in [1.165, 1.54) is 11.1 Å². The summed E-state index contributed by atoms with van der Waals surface area (Å²) in [5, 5.41) is 0.220. The first-order valence-corrected chi connectivity index (χ1v) is 6.41. The zero-order valence-electron chi connectivity index (χ0n) is 11.3. The molecule has 0 atom stereocenters. The van der Waals surface area contributed by atoms with Gasteiger partial charge in [-0.2, -0.15) is 4.98 Å². The fourth-order valence-corrected chi connectivity index (χ4v) is 2.19. The molecule has 0 bridgehead atoms. The highest BCUT2D eigenvalue weighted by Gasteiger charge is 2.12. The summed E-state index contributed by atoms with van der Waals surface area (Å²) in [6.45, 7) is 4.62. The number of hydrogen-bond acceptors (Lipinski definition) is 4. The summed E-state index contributed by atoms with van der Waals surface area (Å²) in [6, 6.07) is 8.33. The third kappa shape index (κ3) is 3.15. The van der Waals surface area contributed by atoms with Gasteiger partial charge in [0.15, 0.2) is 5.82 Å². The molecule has 4 nitrogen and oxygen atoms in total. The molecule has 0 saturated heterocycles. The average Bonchev–Trinajstić information content (AvgIpc) is 2.33. The van der Waals surface area contributed by atoms with Crippen molar-refractivity contribution in [3.05, 3.63) is 46.4 Å². The van der Waals surface area contributed by atoms with Crippen LogP contribution in [0, 0.1) is 13.8 Å². The predicted octanol–water partition coefficient (Wildman–Crippen LogP) is 2.97. The highest BCUT2D eigenvalue weighted by molar-refractivity contribution is 6.28. The summed E-state index contributed by atoms with van der Waals surface area (Å²) in [5.41, 5.74) is 9.71. The Bertz CT molecular complexity index is 598. The first kappa shape index (κ1) is 13.6. The molecular formula is C14H17ClN4. The quantitative estimate of drug-likeness (QED) is 0.876. The Labute approximate surface area is 118 Å². The molecule has 1 heterocycles. The first-order valence-electron chi connectivity index (χ1n) is 6.03. The lowest BCUT2D eigenvalue weighted by Gasteiger charge is -2.20. The van der Waals surface area contributed by atoms with E-state index in [-0.39, 0.29) is 5.28 Å². The van der Waals surface area contributed by atoms with Crippen LogP contribution in [0.15, 0.2) is 24.3 Å². The van der Waals surface area contributed by atoms with Crippen LogP contribution in [0.5, 0.6) is 0 Å². The molecule has 2 N–H and O–H groups in total. The Morgan fingerprint density at radius 2 is 2.00 bits per heavy atom.